The molecule has 1 saturated heterocycles. The number of carbonyl (C=O) groups excluding carboxylic acids is 2. The third-order valence-corrected chi connectivity index (χ3v) is 4.78. The maximum absolute atomic E-state index is 12.8. The maximum Gasteiger partial charge on any atom is 0.255 e. The summed E-state index contributed by atoms with van der Waals surface area (Å²) >= 11 is 0. The third-order valence-electron chi connectivity index (χ3n) is 4.78. The number of benzene rings is 2. The average molecular weight is 336 g/mol. The van der Waals surface area contributed by atoms with E-state index < -0.39 is 0 Å². The summed E-state index contributed by atoms with van der Waals surface area (Å²) in [6.45, 7) is 2.96. The summed E-state index contributed by atoms with van der Waals surface area (Å²) in [6, 6.07) is 16.6. The van der Waals surface area contributed by atoms with Crippen molar-refractivity contribution in [2.45, 2.75) is 38.6 Å². The third kappa shape index (κ3) is 4.08. The van der Waals surface area contributed by atoms with Gasteiger partial charge in [0.1, 0.15) is 0 Å². The highest BCUT2D eigenvalue weighted by Crippen LogP contribution is 2.22. The predicted octanol–water partition coefficient (Wildman–Crippen LogP) is 4.34. The quantitative estimate of drug-likeness (QED) is 0.903. The molecule has 4 heteroatoms. The monoisotopic (exact) mass is 336 g/mol. The molecule has 1 N–H and O–H groups in total. The first-order valence-corrected chi connectivity index (χ1v) is 8.96. The Morgan fingerprint density at radius 3 is 2.36 bits per heavy atom. The van der Waals surface area contributed by atoms with Gasteiger partial charge >= 0.3 is 0 Å². The molecule has 2 aromatic carbocycles. The number of rotatable bonds is 4. The van der Waals surface area contributed by atoms with Gasteiger partial charge in [-0.3, -0.25) is 9.59 Å². The van der Waals surface area contributed by atoms with Gasteiger partial charge < -0.3 is 10.2 Å². The molecule has 130 valence electrons. The van der Waals surface area contributed by atoms with Crippen molar-refractivity contribution >= 4 is 17.5 Å². The number of hydrogen-bond donors (Lipinski definition) is 1. The van der Waals surface area contributed by atoms with Crippen molar-refractivity contribution in [3.8, 4) is 0 Å². The Balaban J connectivity index is 1.69. The molecule has 3 rings (SSSR count). The van der Waals surface area contributed by atoms with Gasteiger partial charge in [-0.05, 0) is 62.1 Å². The Morgan fingerprint density at radius 1 is 1.00 bits per heavy atom. The number of anilines is 1. The van der Waals surface area contributed by atoms with E-state index in [0.717, 1.165) is 31.5 Å². The van der Waals surface area contributed by atoms with Gasteiger partial charge in [-0.15, -0.1) is 0 Å². The van der Waals surface area contributed by atoms with Crippen LogP contribution in [0.2, 0.25) is 0 Å². The van der Waals surface area contributed by atoms with Crippen molar-refractivity contribution in [1.29, 1.82) is 0 Å². The molecule has 0 aliphatic carbocycles. The summed E-state index contributed by atoms with van der Waals surface area (Å²) < 4.78 is 0. The number of carbonyl (C=O) groups is 2. The minimum absolute atomic E-state index is 0.0709. The highest BCUT2D eigenvalue weighted by atomic mass is 16.2. The highest BCUT2D eigenvalue weighted by Gasteiger charge is 2.26. The zero-order valence-corrected chi connectivity index (χ0v) is 14.6. The van der Waals surface area contributed by atoms with E-state index >= 15 is 0 Å². The van der Waals surface area contributed by atoms with E-state index in [2.05, 4.69) is 12.2 Å². The summed E-state index contributed by atoms with van der Waals surface area (Å²) in [6.07, 6.45) is 4.34. The van der Waals surface area contributed by atoms with Crippen LogP contribution in [0.5, 0.6) is 0 Å². The smallest absolute Gasteiger partial charge is 0.255 e. The molecule has 1 aliphatic rings. The van der Waals surface area contributed by atoms with Gasteiger partial charge in [0, 0.05) is 29.4 Å². The molecular weight excluding hydrogens is 312 g/mol. The number of nitrogens with one attached hydrogen (secondary N) is 1. The fourth-order valence-corrected chi connectivity index (χ4v) is 3.35. The fourth-order valence-electron chi connectivity index (χ4n) is 3.35. The Kier molecular flexibility index (Phi) is 5.49. The van der Waals surface area contributed by atoms with Gasteiger partial charge in [0.15, 0.2) is 0 Å². The summed E-state index contributed by atoms with van der Waals surface area (Å²) in [7, 11) is 0. The van der Waals surface area contributed by atoms with Crippen LogP contribution in [0.1, 0.15) is 53.3 Å². The molecule has 1 fully saturated rings. The van der Waals surface area contributed by atoms with Crippen molar-refractivity contribution in [2.75, 3.05) is 11.9 Å². The molecule has 0 radical (unpaired) electrons. The molecular formula is C21H24N2O2. The van der Waals surface area contributed by atoms with E-state index in [1.807, 2.05) is 35.2 Å². The van der Waals surface area contributed by atoms with E-state index in [9.17, 15) is 9.59 Å². The van der Waals surface area contributed by atoms with E-state index in [1.165, 1.54) is 6.42 Å². The molecule has 0 aromatic heterocycles. The molecule has 1 unspecified atom stereocenters. The molecule has 0 saturated carbocycles. The molecule has 1 heterocycles. The van der Waals surface area contributed by atoms with Crippen LogP contribution in [0.4, 0.5) is 5.69 Å². The predicted molar refractivity (Wildman–Crippen MR) is 99.8 cm³/mol. The van der Waals surface area contributed by atoms with E-state index in [1.54, 1.807) is 24.3 Å². The van der Waals surface area contributed by atoms with Crippen LogP contribution in [0.25, 0.3) is 0 Å². The number of para-hydroxylation sites is 1. The first-order chi connectivity index (χ1) is 12.2. The Hall–Kier alpha value is -2.62. The zero-order valence-electron chi connectivity index (χ0n) is 14.6. The lowest BCUT2D eigenvalue weighted by molar-refractivity contribution is 0.0607. The van der Waals surface area contributed by atoms with Gasteiger partial charge in [0.25, 0.3) is 11.8 Å². The molecule has 1 atom stereocenters. The largest absolute Gasteiger partial charge is 0.336 e. The van der Waals surface area contributed by atoms with Gasteiger partial charge in [-0.25, -0.2) is 0 Å². The molecule has 0 spiro atoms. The molecule has 1 aliphatic heterocycles. The number of nitrogens with zero attached hydrogens (tertiary/aromatic N) is 1. The van der Waals surface area contributed by atoms with Crippen LogP contribution in [0.15, 0.2) is 54.6 Å². The lowest BCUT2D eigenvalue weighted by Gasteiger charge is -2.35. The Labute approximate surface area is 148 Å². The first-order valence-electron chi connectivity index (χ1n) is 8.96. The second-order valence-electron chi connectivity index (χ2n) is 6.45. The van der Waals surface area contributed by atoms with Gasteiger partial charge in [-0.2, -0.15) is 0 Å². The van der Waals surface area contributed by atoms with Crippen LogP contribution in [0.3, 0.4) is 0 Å². The molecule has 25 heavy (non-hydrogen) atoms. The maximum atomic E-state index is 12.8. The van der Waals surface area contributed by atoms with E-state index in [0.29, 0.717) is 17.2 Å². The summed E-state index contributed by atoms with van der Waals surface area (Å²) in [4.78, 5) is 27.0. The zero-order chi connectivity index (χ0) is 17.6. The van der Waals surface area contributed by atoms with Crippen molar-refractivity contribution in [1.82, 2.24) is 4.90 Å². The molecule has 0 bridgehead atoms. The van der Waals surface area contributed by atoms with Gasteiger partial charge in [-0.1, -0.05) is 25.1 Å². The van der Waals surface area contributed by atoms with E-state index in [-0.39, 0.29) is 11.8 Å². The number of likely N-dealkylation sites (tertiary alicyclic amines) is 1. The minimum atomic E-state index is -0.172. The van der Waals surface area contributed by atoms with Gasteiger partial charge in [0.05, 0.1) is 0 Å². The Bertz CT molecular complexity index is 725. The summed E-state index contributed by atoms with van der Waals surface area (Å²) in [5.74, 6) is -0.101. The van der Waals surface area contributed by atoms with Crippen LogP contribution in [-0.4, -0.2) is 29.3 Å². The van der Waals surface area contributed by atoms with Crippen molar-refractivity contribution in [3.63, 3.8) is 0 Å². The lowest BCUT2D eigenvalue weighted by Crippen LogP contribution is -2.43. The fraction of sp³-hybridized carbons (Fsp3) is 0.333. The molecule has 4 nitrogen and oxygen atoms in total. The Morgan fingerprint density at radius 2 is 1.68 bits per heavy atom. The number of amides is 2. The van der Waals surface area contributed by atoms with Crippen molar-refractivity contribution in [2.24, 2.45) is 0 Å². The summed E-state index contributed by atoms with van der Waals surface area (Å²) in [5.41, 5.74) is 1.95. The lowest BCUT2D eigenvalue weighted by atomic mass is 9.98. The van der Waals surface area contributed by atoms with Crippen LogP contribution >= 0.6 is 0 Å². The first kappa shape index (κ1) is 17.2. The average Bonchev–Trinajstić information content (AvgIpc) is 2.68. The highest BCUT2D eigenvalue weighted by molar-refractivity contribution is 6.05. The molecule has 2 aromatic rings. The normalized spacial score (nSPS) is 17.2. The summed E-state index contributed by atoms with van der Waals surface area (Å²) in [5, 5.41) is 2.85. The topological polar surface area (TPSA) is 49.4 Å². The molecule has 2 amide bonds. The van der Waals surface area contributed by atoms with Gasteiger partial charge in [0.2, 0.25) is 0 Å². The van der Waals surface area contributed by atoms with Crippen LogP contribution in [0, 0.1) is 0 Å². The van der Waals surface area contributed by atoms with Crippen LogP contribution in [-0.2, 0) is 0 Å². The van der Waals surface area contributed by atoms with Crippen LogP contribution < -0.4 is 5.32 Å². The number of piperidine rings is 1. The SMILES string of the molecule is CCC1CCCCN1C(=O)c1ccc(C(=O)Nc2ccccc2)cc1. The second-order valence-corrected chi connectivity index (χ2v) is 6.45. The van der Waals surface area contributed by atoms with E-state index in [4.69, 9.17) is 0 Å². The van der Waals surface area contributed by atoms with Crippen molar-refractivity contribution < 1.29 is 9.59 Å². The van der Waals surface area contributed by atoms with Crippen molar-refractivity contribution in [3.05, 3.63) is 65.7 Å². The number of hydrogen-bond acceptors (Lipinski definition) is 2. The minimum Gasteiger partial charge on any atom is -0.336 e. The second kappa shape index (κ2) is 7.97. The standard InChI is InChI=1S/C21H24N2O2/c1-2-19-10-6-7-15-23(19)21(25)17-13-11-16(12-14-17)20(24)22-18-8-4-3-5-9-18/h3-5,8-9,11-14,19H,2,6-7,10,15H2,1H3,(H,22,24).